The van der Waals surface area contributed by atoms with Crippen LogP contribution in [0.1, 0.15) is 331 Å². The SMILES string of the molecule is CC(C)COP(=O)(OCC(C)C)SCC(C)OP(=O)(OC(C)CSP(=O)(OCC(C)C)OCC(C)C)SCC(C)O.CC(O)CSP(=O)(OC(C)CSP(=O)(OC(C)C)OC(C)C)OC(C)CSP(=O)(OC(C)C)OC(C)C.CCCCC(CC)COP(=O)(OCC(CC)CCCC)SCC(C)OP(=O)(OC(C)CSP(=O)(OCC(CC)CCCC)OCC(CC)CCCC)SCC(C)O. The average molecular weight is 2280 g/mol. The van der Waals surface area contributed by atoms with Crippen molar-refractivity contribution in [2.45, 2.75) is 411 Å². The molecular formula is C87H189O30P9S9. The molecule has 3 N–H and O–H groups in total. The lowest BCUT2D eigenvalue weighted by atomic mass is 10.0. The second-order valence-corrected chi connectivity index (χ2v) is 73.5. The van der Waals surface area contributed by atoms with E-state index < -0.39 is 116 Å². The van der Waals surface area contributed by atoms with Gasteiger partial charge < -0.3 is 51.5 Å². The van der Waals surface area contributed by atoms with Gasteiger partial charge in [-0.3, -0.25) is 45.2 Å². The Bertz CT molecular complexity index is 3120. The summed E-state index contributed by atoms with van der Waals surface area (Å²) in [5.41, 5.74) is 0. The molecule has 0 heterocycles. The van der Waals surface area contributed by atoms with E-state index in [0.717, 1.165) is 205 Å². The Kier molecular flexibility index (Phi) is 84.4. The van der Waals surface area contributed by atoms with Crippen molar-refractivity contribution in [2.75, 3.05) is 105 Å². The predicted molar refractivity (Wildman–Crippen MR) is 584 cm³/mol. The second kappa shape index (κ2) is 79.4. The molecule has 0 saturated carbocycles. The normalized spacial score (nSPS) is 18.0. The third-order valence-electron chi connectivity index (χ3n) is 17.8. The second-order valence-electron chi connectivity index (χ2n) is 37.0. The van der Waals surface area contributed by atoms with Crippen LogP contribution in [0.4, 0.5) is 0 Å². The van der Waals surface area contributed by atoms with Gasteiger partial charge in [-0.15, -0.1) is 0 Å². The molecule has 816 valence electrons. The molecule has 0 aliphatic carbocycles. The number of hydrogen-bond acceptors (Lipinski definition) is 39. The van der Waals surface area contributed by atoms with Gasteiger partial charge in [0.05, 0.1) is 132 Å². The van der Waals surface area contributed by atoms with Crippen LogP contribution < -0.4 is 0 Å². The molecular weight excluding hydrogens is 2090 g/mol. The Morgan fingerprint density at radius 1 is 0.200 bits per heavy atom. The van der Waals surface area contributed by atoms with Crippen LogP contribution in [0.3, 0.4) is 0 Å². The first-order valence-corrected chi connectivity index (χ1v) is 77.1. The zero-order chi connectivity index (χ0) is 104. The number of hydrogen-bond donors (Lipinski definition) is 3. The summed E-state index contributed by atoms with van der Waals surface area (Å²) < 4.78 is 228. The van der Waals surface area contributed by atoms with E-state index in [1.807, 2.05) is 55.4 Å². The molecule has 0 aliphatic rings. The molecule has 135 heavy (non-hydrogen) atoms. The van der Waals surface area contributed by atoms with Crippen molar-refractivity contribution >= 4 is 164 Å². The minimum atomic E-state index is -3.86. The molecule has 13 unspecified atom stereocenters. The summed E-state index contributed by atoms with van der Waals surface area (Å²) in [7, 11) is 0. The molecule has 0 aromatic rings. The summed E-state index contributed by atoms with van der Waals surface area (Å²) in [5.74, 6) is 3.32. The van der Waals surface area contributed by atoms with Crippen LogP contribution in [0, 0.1) is 47.3 Å². The zero-order valence-corrected chi connectivity index (χ0v) is 104. The Labute approximate surface area is 857 Å². The van der Waals surface area contributed by atoms with Gasteiger partial charge in [-0.05, 0) is 293 Å². The lowest BCUT2D eigenvalue weighted by Crippen LogP contribution is -2.17. The largest absolute Gasteiger partial charge is 0.393 e. The van der Waals surface area contributed by atoms with Crippen LogP contribution in [0.2, 0.25) is 0 Å². The minimum Gasteiger partial charge on any atom is -0.393 e. The van der Waals surface area contributed by atoms with E-state index in [-0.39, 0.29) is 150 Å². The molecule has 0 amide bonds. The highest BCUT2D eigenvalue weighted by molar-refractivity contribution is 8.58. The van der Waals surface area contributed by atoms with Gasteiger partial charge in [0.25, 0.3) is 0 Å². The number of unbranched alkanes of at least 4 members (excludes halogenated alkanes) is 4. The van der Waals surface area contributed by atoms with Crippen molar-refractivity contribution in [2.24, 2.45) is 47.3 Å². The van der Waals surface area contributed by atoms with Gasteiger partial charge in [-0.1, -0.05) is 188 Å². The molecule has 0 saturated heterocycles. The van der Waals surface area contributed by atoms with Gasteiger partial charge in [-0.25, -0.2) is 41.1 Å². The fraction of sp³-hybridized carbons (Fsp3) is 1.00. The highest BCUT2D eigenvalue weighted by atomic mass is 32.8. The number of aliphatic hydroxyl groups is 3. The van der Waals surface area contributed by atoms with Gasteiger partial charge in [0.15, 0.2) is 0 Å². The molecule has 0 aromatic carbocycles. The van der Waals surface area contributed by atoms with E-state index >= 15 is 0 Å². The molecule has 0 radical (unpaired) electrons. The Hall–Kier alpha value is 4.38. The summed E-state index contributed by atoms with van der Waals surface area (Å²) in [6.45, 7) is 32.2. The molecule has 48 heteroatoms. The van der Waals surface area contributed by atoms with E-state index in [1.165, 1.54) is 0 Å². The summed E-state index contributed by atoms with van der Waals surface area (Å²) >= 11 is 8.84. The van der Waals surface area contributed by atoms with Crippen molar-refractivity contribution < 1.29 is 138 Å². The first kappa shape index (κ1) is 143. The quantitative estimate of drug-likeness (QED) is 0.0476. The Morgan fingerprint density at radius 2 is 0.341 bits per heavy atom. The highest BCUT2D eigenvalue weighted by Gasteiger charge is 2.42. The van der Waals surface area contributed by atoms with E-state index in [4.69, 9.17) is 81.4 Å². The lowest BCUT2D eigenvalue weighted by molar-refractivity contribution is 0.151. The third kappa shape index (κ3) is 79.1. The standard InChI is InChI=1S/C41H87O10P3S3.C25H55O10P3S3.C21H47O10P3S3/c1-12-20-24-38(16-5)28-46-52(43,47-29-39(17-6)25-21-13-2)56-33-36(10)50-54(45,55-32-35(9)42)51-37(11)34-57-53(44,48-30-40(18-7)26-22-14-3)49-31-41(19-8)27-23-15-4;1-19(2)12-30-36(27,31-13-20(3)4)40-17-24(10)34-38(29,39-16-23(9)26)35-25(11)18-41-37(28,32-14-21(5)6)33-15-22(7)8;1-15(2)26-32(23,27-16(3)4)36-13-20(10)30-34(25,35-12-19(9)22)31-21(11)14-37-33(24,28-17(5)6)29-18(7)8/h35-42H,12-34H2,1-11H3;19-26H,12-18H2,1-11H3;15-22H,12-14H2,1-11H3. The van der Waals surface area contributed by atoms with E-state index in [9.17, 15) is 56.4 Å². The molecule has 0 aromatic heterocycles. The zero-order valence-electron chi connectivity index (χ0n) is 88.5. The number of rotatable bonds is 87. The van der Waals surface area contributed by atoms with Gasteiger partial charge in [0.1, 0.15) is 0 Å². The van der Waals surface area contributed by atoms with Crippen LogP contribution in [0.25, 0.3) is 0 Å². The van der Waals surface area contributed by atoms with E-state index in [2.05, 4.69) is 55.4 Å². The summed E-state index contributed by atoms with van der Waals surface area (Å²) in [6, 6.07) is 0. The number of aliphatic hydroxyl groups excluding tert-OH is 3. The minimum absolute atomic E-state index is 0.119. The third-order valence-corrected chi connectivity index (χ3v) is 54.0. The van der Waals surface area contributed by atoms with Gasteiger partial charge in [0, 0.05) is 51.8 Å². The average Bonchev–Trinajstić information content (AvgIpc) is 0.851. The Balaban J connectivity index is -0.00000199. The predicted octanol–water partition coefficient (Wildman–Crippen LogP) is 33.4. The summed E-state index contributed by atoms with van der Waals surface area (Å²) in [4.78, 5) is 0. The van der Waals surface area contributed by atoms with Crippen molar-refractivity contribution in [1.29, 1.82) is 0 Å². The van der Waals surface area contributed by atoms with Gasteiger partial charge >= 0.3 is 61.2 Å². The van der Waals surface area contributed by atoms with E-state index in [1.54, 1.807) is 118 Å². The molecule has 0 aliphatic heterocycles. The molecule has 30 nitrogen and oxygen atoms in total. The smallest absolute Gasteiger partial charge is 0.389 e. The van der Waals surface area contributed by atoms with Crippen molar-refractivity contribution in [1.82, 2.24) is 0 Å². The first-order chi connectivity index (χ1) is 62.7. The molecule has 0 fully saturated rings. The van der Waals surface area contributed by atoms with Crippen LogP contribution in [-0.2, 0) is 123 Å². The van der Waals surface area contributed by atoms with Crippen molar-refractivity contribution in [3.05, 3.63) is 0 Å². The maximum atomic E-state index is 14.3. The van der Waals surface area contributed by atoms with Crippen molar-refractivity contribution in [3.63, 3.8) is 0 Å². The molecule has 0 bridgehead atoms. The first-order valence-electron chi connectivity index (χ1n) is 48.9. The lowest BCUT2D eigenvalue weighted by Gasteiger charge is -2.27. The molecule has 0 rings (SSSR count). The van der Waals surface area contributed by atoms with Crippen LogP contribution in [0.5, 0.6) is 0 Å². The summed E-state index contributed by atoms with van der Waals surface area (Å²) in [6.07, 6.45) is 9.17. The topological polar surface area (TPSA) is 380 Å². The van der Waals surface area contributed by atoms with Crippen molar-refractivity contribution in [3.8, 4) is 0 Å². The summed E-state index contributed by atoms with van der Waals surface area (Å²) in [5, 5.41) is 29.7. The highest BCUT2D eigenvalue weighted by Crippen LogP contribution is 2.71. The monoisotopic (exact) mass is 2280 g/mol. The molecule has 0 spiro atoms. The fourth-order valence-electron chi connectivity index (χ4n) is 10.5. The van der Waals surface area contributed by atoms with Gasteiger partial charge in [-0.2, -0.15) is 0 Å². The maximum absolute atomic E-state index is 14.3. The van der Waals surface area contributed by atoms with Gasteiger partial charge in [0.2, 0.25) is 0 Å². The maximum Gasteiger partial charge on any atom is 0.389 e. The van der Waals surface area contributed by atoms with E-state index in [0.29, 0.717) is 26.4 Å². The van der Waals surface area contributed by atoms with Crippen LogP contribution >= 0.6 is 164 Å². The Morgan fingerprint density at radius 3 is 0.474 bits per heavy atom. The van der Waals surface area contributed by atoms with Crippen LogP contribution in [0.15, 0.2) is 0 Å². The van der Waals surface area contributed by atoms with Crippen LogP contribution in [-0.4, -0.2) is 199 Å². The molecule has 13 atom stereocenters. The fourth-order valence-corrected chi connectivity index (χ4v) is 45.9.